The number of hydrogen-bond acceptors (Lipinski definition) is 2. The molecule has 2 aromatic carbocycles. The van der Waals surface area contributed by atoms with E-state index >= 15 is 0 Å². The fraction of sp³-hybridized carbons (Fsp3) is 0.0625. The molecule has 0 unspecified atom stereocenters. The molecule has 1 N–H and O–H groups in total. The molecular formula is C16H11FO2S. The van der Waals surface area contributed by atoms with Crippen LogP contribution in [0.2, 0.25) is 0 Å². The Morgan fingerprint density at radius 1 is 1.15 bits per heavy atom. The molecule has 1 aliphatic rings. The van der Waals surface area contributed by atoms with Crippen molar-refractivity contribution >= 4 is 23.3 Å². The van der Waals surface area contributed by atoms with Crippen molar-refractivity contribution in [1.82, 2.24) is 0 Å². The smallest absolute Gasteiger partial charge is 0.335 e. The minimum Gasteiger partial charge on any atom is -0.478 e. The van der Waals surface area contributed by atoms with Crippen molar-refractivity contribution in [3.05, 3.63) is 65.5 Å². The van der Waals surface area contributed by atoms with E-state index in [4.69, 9.17) is 5.11 Å². The zero-order chi connectivity index (χ0) is 14.3. The van der Waals surface area contributed by atoms with Crippen LogP contribution in [0.1, 0.15) is 16.7 Å². The molecule has 0 bridgehead atoms. The van der Waals surface area contributed by atoms with Gasteiger partial charge in [-0.25, -0.2) is 9.18 Å². The summed E-state index contributed by atoms with van der Waals surface area (Å²) in [7, 11) is 0. The third-order valence-corrected chi connectivity index (χ3v) is 4.53. The van der Waals surface area contributed by atoms with Crippen LogP contribution in [0.25, 0.3) is 5.57 Å². The van der Waals surface area contributed by atoms with E-state index in [9.17, 15) is 9.18 Å². The number of rotatable bonds is 2. The fourth-order valence-electron chi connectivity index (χ4n) is 2.24. The largest absolute Gasteiger partial charge is 0.478 e. The summed E-state index contributed by atoms with van der Waals surface area (Å²) in [6.45, 7) is 3.57. The van der Waals surface area contributed by atoms with E-state index in [-0.39, 0.29) is 11.4 Å². The second-order valence-corrected chi connectivity index (χ2v) is 5.72. The highest BCUT2D eigenvalue weighted by atomic mass is 32.2. The predicted molar refractivity (Wildman–Crippen MR) is 76.4 cm³/mol. The number of carbonyl (C=O) groups is 1. The lowest BCUT2D eigenvalue weighted by Crippen LogP contribution is -2.03. The lowest BCUT2D eigenvalue weighted by molar-refractivity contribution is -0.130. The number of fused-ring (bicyclic) bond motifs is 2. The van der Waals surface area contributed by atoms with Gasteiger partial charge in [-0.15, -0.1) is 0 Å². The zero-order valence-corrected chi connectivity index (χ0v) is 11.3. The summed E-state index contributed by atoms with van der Waals surface area (Å²) in [5, 5.41) is 8.98. The molecule has 2 aromatic rings. The molecule has 0 saturated heterocycles. The molecule has 1 heterocycles. The van der Waals surface area contributed by atoms with Crippen LogP contribution in [0, 0.1) is 5.82 Å². The molecule has 0 spiro atoms. The first-order valence-corrected chi connectivity index (χ1v) is 6.88. The number of benzene rings is 2. The molecule has 0 aromatic heterocycles. The average molecular weight is 286 g/mol. The minimum atomic E-state index is -1.03. The topological polar surface area (TPSA) is 37.3 Å². The summed E-state index contributed by atoms with van der Waals surface area (Å²) in [6, 6.07) is 10.3. The maximum absolute atomic E-state index is 13.3. The van der Waals surface area contributed by atoms with Gasteiger partial charge in [-0.05, 0) is 53.4 Å². The van der Waals surface area contributed by atoms with Crippen molar-refractivity contribution in [3.63, 3.8) is 0 Å². The number of carboxylic acid groups (broad SMARTS) is 1. The molecular weight excluding hydrogens is 275 g/mol. The highest BCUT2D eigenvalue weighted by molar-refractivity contribution is 7.99. The van der Waals surface area contributed by atoms with Gasteiger partial charge in [-0.3, -0.25) is 0 Å². The standard InChI is InChI=1S/C16H11FO2S/c1-9(16(18)19)10-2-4-14-11(6-10)7-12-8-13(17)3-5-15(12)20-14/h2-6,8H,1,7H2,(H,18,19). The maximum Gasteiger partial charge on any atom is 0.335 e. The number of halogens is 1. The van der Waals surface area contributed by atoms with Crippen molar-refractivity contribution in [1.29, 1.82) is 0 Å². The molecule has 100 valence electrons. The fourth-order valence-corrected chi connectivity index (χ4v) is 3.27. The molecule has 0 amide bonds. The first-order chi connectivity index (χ1) is 9.54. The van der Waals surface area contributed by atoms with Gasteiger partial charge in [0.2, 0.25) is 0 Å². The number of carboxylic acids is 1. The Hall–Kier alpha value is -2.07. The molecule has 4 heteroatoms. The van der Waals surface area contributed by atoms with Crippen LogP contribution < -0.4 is 0 Å². The highest BCUT2D eigenvalue weighted by Crippen LogP contribution is 2.40. The minimum absolute atomic E-state index is 0.0721. The Kier molecular flexibility index (Phi) is 3.10. The third-order valence-electron chi connectivity index (χ3n) is 3.29. The van der Waals surface area contributed by atoms with Crippen molar-refractivity contribution in [3.8, 4) is 0 Å². The Balaban J connectivity index is 2.01. The average Bonchev–Trinajstić information content (AvgIpc) is 2.43. The molecule has 0 fully saturated rings. The molecule has 2 nitrogen and oxygen atoms in total. The summed E-state index contributed by atoms with van der Waals surface area (Å²) in [5.41, 5.74) is 2.60. The summed E-state index contributed by atoms with van der Waals surface area (Å²) >= 11 is 1.58. The maximum atomic E-state index is 13.3. The normalized spacial score (nSPS) is 12.4. The van der Waals surface area contributed by atoms with E-state index in [1.165, 1.54) is 12.1 Å². The van der Waals surface area contributed by atoms with E-state index in [1.807, 2.05) is 12.1 Å². The van der Waals surface area contributed by atoms with E-state index in [0.29, 0.717) is 12.0 Å². The van der Waals surface area contributed by atoms with Gasteiger partial charge < -0.3 is 5.11 Å². The van der Waals surface area contributed by atoms with Crippen LogP contribution in [0.5, 0.6) is 0 Å². The highest BCUT2D eigenvalue weighted by Gasteiger charge is 2.18. The van der Waals surface area contributed by atoms with Gasteiger partial charge in [0.15, 0.2) is 0 Å². The lowest BCUT2D eigenvalue weighted by Gasteiger charge is -2.19. The molecule has 0 atom stereocenters. The van der Waals surface area contributed by atoms with Crippen LogP contribution in [0.3, 0.4) is 0 Å². The van der Waals surface area contributed by atoms with Crippen LogP contribution in [-0.2, 0) is 11.2 Å². The summed E-state index contributed by atoms with van der Waals surface area (Å²) in [4.78, 5) is 13.1. The van der Waals surface area contributed by atoms with Crippen molar-refractivity contribution in [2.75, 3.05) is 0 Å². The van der Waals surface area contributed by atoms with Crippen molar-refractivity contribution < 1.29 is 14.3 Å². The van der Waals surface area contributed by atoms with Crippen molar-refractivity contribution in [2.24, 2.45) is 0 Å². The second kappa shape index (κ2) is 4.80. The summed E-state index contributed by atoms with van der Waals surface area (Å²) in [5.74, 6) is -1.28. The van der Waals surface area contributed by atoms with Gasteiger partial charge in [0.05, 0.1) is 5.57 Å². The summed E-state index contributed by atoms with van der Waals surface area (Å²) < 4.78 is 13.3. The molecule has 0 radical (unpaired) electrons. The second-order valence-electron chi connectivity index (χ2n) is 4.64. The zero-order valence-electron chi connectivity index (χ0n) is 10.5. The lowest BCUT2D eigenvalue weighted by atomic mass is 9.99. The predicted octanol–water partition coefficient (Wildman–Crippen LogP) is 3.98. The SMILES string of the molecule is C=C(C(=O)O)c1ccc2c(c1)Cc1cc(F)ccc1S2. The molecule has 3 rings (SSSR count). The van der Waals surface area contributed by atoms with E-state index < -0.39 is 5.97 Å². The van der Waals surface area contributed by atoms with Gasteiger partial charge in [0, 0.05) is 9.79 Å². The molecule has 1 aliphatic heterocycles. The third kappa shape index (κ3) is 2.23. The van der Waals surface area contributed by atoms with Gasteiger partial charge in [0.1, 0.15) is 5.82 Å². The Morgan fingerprint density at radius 3 is 2.50 bits per heavy atom. The van der Waals surface area contributed by atoms with Crippen LogP contribution in [-0.4, -0.2) is 11.1 Å². The van der Waals surface area contributed by atoms with Gasteiger partial charge in [0.25, 0.3) is 0 Å². The first-order valence-electron chi connectivity index (χ1n) is 6.06. The summed E-state index contributed by atoms with van der Waals surface area (Å²) in [6.07, 6.45) is 0.607. The van der Waals surface area contributed by atoms with E-state index in [2.05, 4.69) is 6.58 Å². The Morgan fingerprint density at radius 2 is 1.80 bits per heavy atom. The van der Waals surface area contributed by atoms with Crippen LogP contribution in [0.4, 0.5) is 4.39 Å². The van der Waals surface area contributed by atoms with E-state index in [1.54, 1.807) is 23.9 Å². The number of aliphatic carboxylic acids is 1. The van der Waals surface area contributed by atoms with Gasteiger partial charge in [-0.1, -0.05) is 24.4 Å². The Bertz CT molecular complexity index is 737. The van der Waals surface area contributed by atoms with Gasteiger partial charge >= 0.3 is 5.97 Å². The van der Waals surface area contributed by atoms with E-state index in [0.717, 1.165) is 20.9 Å². The quantitative estimate of drug-likeness (QED) is 0.724. The van der Waals surface area contributed by atoms with Crippen LogP contribution >= 0.6 is 11.8 Å². The number of hydrogen-bond donors (Lipinski definition) is 1. The Labute approximate surface area is 119 Å². The molecule has 0 saturated carbocycles. The van der Waals surface area contributed by atoms with Crippen LogP contribution in [0.15, 0.2) is 52.8 Å². The monoisotopic (exact) mass is 286 g/mol. The van der Waals surface area contributed by atoms with Crippen molar-refractivity contribution in [2.45, 2.75) is 16.2 Å². The van der Waals surface area contributed by atoms with Gasteiger partial charge in [-0.2, -0.15) is 0 Å². The molecule has 0 aliphatic carbocycles. The first kappa shape index (κ1) is 12.9. The molecule has 20 heavy (non-hydrogen) atoms.